The second kappa shape index (κ2) is 7.69. The van der Waals surface area contributed by atoms with E-state index < -0.39 is 21.8 Å². The van der Waals surface area contributed by atoms with Gasteiger partial charge in [-0.3, -0.25) is 4.72 Å². The lowest BCUT2D eigenvalue weighted by molar-refractivity contribution is -0.137. The van der Waals surface area contributed by atoms with Gasteiger partial charge in [-0.2, -0.15) is 13.2 Å². The molecular formula is C18H12ClF3N2O3S. The minimum Gasteiger partial charge on any atom is -0.437 e. The number of sulfonamides is 1. The van der Waals surface area contributed by atoms with E-state index in [0.717, 1.165) is 12.1 Å². The van der Waals surface area contributed by atoms with Crippen LogP contribution in [0.2, 0.25) is 5.02 Å². The molecule has 0 saturated carbocycles. The highest BCUT2D eigenvalue weighted by molar-refractivity contribution is 7.92. The number of halogens is 4. The number of benzene rings is 2. The van der Waals surface area contributed by atoms with Gasteiger partial charge < -0.3 is 4.74 Å². The summed E-state index contributed by atoms with van der Waals surface area (Å²) >= 11 is 5.81. The van der Waals surface area contributed by atoms with Crippen molar-refractivity contribution in [3.8, 4) is 11.6 Å². The van der Waals surface area contributed by atoms with Crippen molar-refractivity contribution < 1.29 is 26.3 Å². The first-order chi connectivity index (χ1) is 13.1. The number of hydrogen-bond donors (Lipinski definition) is 1. The normalized spacial score (nSPS) is 11.9. The Kier molecular flexibility index (Phi) is 5.48. The van der Waals surface area contributed by atoms with Gasteiger partial charge in [-0.1, -0.05) is 11.6 Å². The van der Waals surface area contributed by atoms with Crippen molar-refractivity contribution in [2.24, 2.45) is 0 Å². The molecule has 3 rings (SSSR count). The number of rotatable bonds is 5. The summed E-state index contributed by atoms with van der Waals surface area (Å²) < 4.78 is 70.8. The largest absolute Gasteiger partial charge is 0.437 e. The number of ether oxygens (including phenoxy) is 1. The summed E-state index contributed by atoms with van der Waals surface area (Å²) in [5.41, 5.74) is -0.920. The highest BCUT2D eigenvalue weighted by Crippen LogP contribution is 2.32. The minimum atomic E-state index is -4.56. The fourth-order valence-electron chi connectivity index (χ4n) is 2.19. The number of aromatic nitrogens is 1. The number of anilines is 1. The Balaban J connectivity index is 1.85. The van der Waals surface area contributed by atoms with Crippen LogP contribution in [0.15, 0.2) is 71.8 Å². The Morgan fingerprint density at radius 1 is 0.964 bits per heavy atom. The first-order valence-electron chi connectivity index (χ1n) is 7.74. The molecule has 146 valence electrons. The van der Waals surface area contributed by atoms with Gasteiger partial charge in [-0.25, -0.2) is 13.4 Å². The van der Waals surface area contributed by atoms with Gasteiger partial charge in [0.15, 0.2) is 0 Å². The highest BCUT2D eigenvalue weighted by atomic mass is 35.5. The zero-order valence-corrected chi connectivity index (χ0v) is 15.5. The summed E-state index contributed by atoms with van der Waals surface area (Å²) in [5.74, 6) is 0.346. The summed E-state index contributed by atoms with van der Waals surface area (Å²) in [6.07, 6.45) is -3.15. The van der Waals surface area contributed by atoms with Crippen LogP contribution in [0.5, 0.6) is 11.6 Å². The van der Waals surface area contributed by atoms with Crippen LogP contribution in [0.1, 0.15) is 5.56 Å². The fourth-order valence-corrected chi connectivity index (χ4v) is 3.37. The molecule has 1 N–H and O–H groups in total. The van der Waals surface area contributed by atoms with Gasteiger partial charge in [0.25, 0.3) is 10.0 Å². The lowest BCUT2D eigenvalue weighted by Gasteiger charge is -2.13. The number of nitrogens with zero attached hydrogens (tertiary/aromatic N) is 1. The highest BCUT2D eigenvalue weighted by Gasteiger charge is 2.30. The quantitative estimate of drug-likeness (QED) is 0.595. The standard InChI is InChI=1S/C18H12ClF3N2O3S/c19-13-5-7-14(8-6-13)27-17-16(2-1-11-23-17)24-28(25,26)15-9-3-12(4-10-15)18(20,21)22/h1-11,24H. The van der Waals surface area contributed by atoms with Crippen LogP contribution in [-0.4, -0.2) is 13.4 Å². The van der Waals surface area contributed by atoms with Crippen molar-refractivity contribution in [1.29, 1.82) is 0 Å². The van der Waals surface area contributed by atoms with Gasteiger partial charge >= 0.3 is 6.18 Å². The van der Waals surface area contributed by atoms with Gasteiger partial charge in [-0.15, -0.1) is 0 Å². The van der Waals surface area contributed by atoms with Crippen LogP contribution >= 0.6 is 11.6 Å². The topological polar surface area (TPSA) is 68.3 Å². The predicted molar refractivity (Wildman–Crippen MR) is 98.0 cm³/mol. The summed E-state index contributed by atoms with van der Waals surface area (Å²) in [7, 11) is -4.16. The number of hydrogen-bond acceptors (Lipinski definition) is 4. The molecule has 0 spiro atoms. The van der Waals surface area contributed by atoms with E-state index >= 15 is 0 Å². The smallest absolute Gasteiger partial charge is 0.416 e. The van der Waals surface area contributed by atoms with Crippen LogP contribution in [0, 0.1) is 0 Å². The number of nitrogens with one attached hydrogen (secondary N) is 1. The second-order valence-corrected chi connectivity index (χ2v) is 7.66. The molecule has 10 heteroatoms. The van der Waals surface area contributed by atoms with Crippen LogP contribution < -0.4 is 9.46 Å². The predicted octanol–water partition coefficient (Wildman–Crippen LogP) is 5.35. The summed E-state index contributed by atoms with van der Waals surface area (Å²) in [6.45, 7) is 0. The number of pyridine rings is 1. The van der Waals surface area contributed by atoms with Crippen LogP contribution in [0.4, 0.5) is 18.9 Å². The monoisotopic (exact) mass is 428 g/mol. The molecule has 0 radical (unpaired) electrons. The summed E-state index contributed by atoms with van der Waals surface area (Å²) in [4.78, 5) is 3.66. The van der Waals surface area contributed by atoms with Crippen LogP contribution in [0.3, 0.4) is 0 Å². The Hall–Kier alpha value is -2.78. The molecule has 0 atom stereocenters. The van der Waals surface area contributed by atoms with Crippen molar-refractivity contribution in [1.82, 2.24) is 4.98 Å². The summed E-state index contributed by atoms with van der Waals surface area (Å²) in [6, 6.07) is 12.4. The van der Waals surface area contributed by atoms with Gasteiger partial charge in [0, 0.05) is 11.2 Å². The van der Waals surface area contributed by atoms with Crippen molar-refractivity contribution >= 4 is 27.3 Å². The molecule has 3 aromatic rings. The lowest BCUT2D eigenvalue weighted by atomic mass is 10.2. The molecule has 0 saturated heterocycles. The van der Waals surface area contributed by atoms with Crippen LogP contribution in [0.25, 0.3) is 0 Å². The van der Waals surface area contributed by atoms with E-state index in [1.165, 1.54) is 18.3 Å². The van der Waals surface area contributed by atoms with E-state index in [9.17, 15) is 21.6 Å². The molecule has 0 amide bonds. The van der Waals surface area contributed by atoms with E-state index in [1.807, 2.05) is 0 Å². The maximum Gasteiger partial charge on any atom is 0.416 e. The average Bonchev–Trinajstić information content (AvgIpc) is 2.64. The van der Waals surface area contributed by atoms with E-state index in [-0.39, 0.29) is 16.5 Å². The molecular weight excluding hydrogens is 417 g/mol. The van der Waals surface area contributed by atoms with Gasteiger partial charge in [0.05, 0.1) is 10.5 Å². The van der Waals surface area contributed by atoms with Crippen molar-refractivity contribution in [2.75, 3.05) is 4.72 Å². The maximum atomic E-state index is 12.6. The van der Waals surface area contributed by atoms with Crippen molar-refractivity contribution in [2.45, 2.75) is 11.1 Å². The van der Waals surface area contributed by atoms with Crippen molar-refractivity contribution in [3.63, 3.8) is 0 Å². The third-order valence-corrected chi connectivity index (χ3v) is 5.17. The molecule has 0 aliphatic rings. The molecule has 1 aromatic heterocycles. The van der Waals surface area contributed by atoms with Crippen LogP contribution in [-0.2, 0) is 16.2 Å². The van der Waals surface area contributed by atoms with Gasteiger partial charge in [0.1, 0.15) is 11.4 Å². The lowest BCUT2D eigenvalue weighted by Crippen LogP contribution is -2.14. The molecule has 0 aliphatic heterocycles. The first kappa shape index (κ1) is 20.0. The molecule has 1 heterocycles. The maximum absolute atomic E-state index is 12.6. The Morgan fingerprint density at radius 2 is 1.61 bits per heavy atom. The van der Waals surface area contributed by atoms with Crippen molar-refractivity contribution in [3.05, 3.63) is 77.4 Å². The molecule has 0 bridgehead atoms. The first-order valence-corrected chi connectivity index (χ1v) is 9.60. The molecule has 28 heavy (non-hydrogen) atoms. The molecule has 0 unspecified atom stereocenters. The summed E-state index contributed by atoms with van der Waals surface area (Å²) in [5, 5.41) is 0.497. The average molecular weight is 429 g/mol. The van der Waals surface area contributed by atoms with E-state index in [4.69, 9.17) is 16.3 Å². The fraction of sp³-hybridized carbons (Fsp3) is 0.0556. The molecule has 0 aliphatic carbocycles. The number of alkyl halides is 3. The SMILES string of the molecule is O=S(=O)(Nc1cccnc1Oc1ccc(Cl)cc1)c1ccc(C(F)(F)F)cc1. The Morgan fingerprint density at radius 3 is 2.21 bits per heavy atom. The molecule has 0 fully saturated rings. The third-order valence-electron chi connectivity index (χ3n) is 3.54. The zero-order valence-electron chi connectivity index (χ0n) is 13.9. The Bertz CT molecular complexity index is 1070. The van der Waals surface area contributed by atoms with Gasteiger partial charge in [0.2, 0.25) is 5.88 Å². The zero-order chi connectivity index (χ0) is 20.4. The molecule has 5 nitrogen and oxygen atoms in total. The second-order valence-electron chi connectivity index (χ2n) is 5.54. The van der Waals surface area contributed by atoms with E-state index in [2.05, 4.69) is 9.71 Å². The van der Waals surface area contributed by atoms with Gasteiger partial charge in [-0.05, 0) is 60.7 Å². The third kappa shape index (κ3) is 4.73. The molecule has 2 aromatic carbocycles. The van der Waals surface area contributed by atoms with E-state index in [1.54, 1.807) is 24.3 Å². The Labute approximate surface area is 163 Å². The van der Waals surface area contributed by atoms with E-state index in [0.29, 0.717) is 22.9 Å². The minimum absolute atomic E-state index is 0.0253.